The van der Waals surface area contributed by atoms with Gasteiger partial charge in [-0.15, -0.1) is 0 Å². The SMILES string of the molecule is NC1CC(NC2CC2)C12CCOCC2. The Morgan fingerprint density at radius 3 is 2.50 bits per heavy atom. The molecule has 3 rings (SSSR count). The van der Waals surface area contributed by atoms with E-state index in [1.165, 1.54) is 32.1 Å². The number of nitrogens with two attached hydrogens (primary N) is 1. The van der Waals surface area contributed by atoms with Crippen LogP contribution in [0, 0.1) is 5.41 Å². The van der Waals surface area contributed by atoms with Gasteiger partial charge < -0.3 is 15.8 Å². The van der Waals surface area contributed by atoms with E-state index in [-0.39, 0.29) is 0 Å². The average Bonchev–Trinajstić information content (AvgIpc) is 3.03. The van der Waals surface area contributed by atoms with Gasteiger partial charge in [0.05, 0.1) is 0 Å². The molecule has 3 nitrogen and oxygen atoms in total. The molecule has 2 atom stereocenters. The molecule has 2 unspecified atom stereocenters. The van der Waals surface area contributed by atoms with Crippen LogP contribution in [0.3, 0.4) is 0 Å². The molecule has 1 aliphatic heterocycles. The number of ether oxygens (including phenoxy) is 1. The van der Waals surface area contributed by atoms with E-state index in [0.717, 1.165) is 19.3 Å². The van der Waals surface area contributed by atoms with Gasteiger partial charge in [0.15, 0.2) is 0 Å². The number of rotatable bonds is 2. The second kappa shape index (κ2) is 3.19. The maximum atomic E-state index is 6.18. The lowest BCUT2D eigenvalue weighted by atomic mass is 9.56. The molecule has 14 heavy (non-hydrogen) atoms. The number of hydrogen-bond donors (Lipinski definition) is 2. The van der Waals surface area contributed by atoms with Gasteiger partial charge in [-0.1, -0.05) is 0 Å². The first kappa shape index (κ1) is 9.13. The van der Waals surface area contributed by atoms with Crippen LogP contribution in [0.15, 0.2) is 0 Å². The van der Waals surface area contributed by atoms with E-state index < -0.39 is 0 Å². The van der Waals surface area contributed by atoms with Gasteiger partial charge in [-0.2, -0.15) is 0 Å². The molecule has 1 heterocycles. The van der Waals surface area contributed by atoms with E-state index in [4.69, 9.17) is 10.5 Å². The van der Waals surface area contributed by atoms with E-state index in [0.29, 0.717) is 17.5 Å². The fourth-order valence-electron chi connectivity index (χ4n) is 3.06. The third-order valence-electron chi connectivity index (χ3n) is 4.36. The summed E-state index contributed by atoms with van der Waals surface area (Å²) >= 11 is 0. The zero-order chi connectivity index (χ0) is 9.60. The smallest absolute Gasteiger partial charge is 0.0472 e. The van der Waals surface area contributed by atoms with Crippen LogP contribution >= 0.6 is 0 Å². The minimum Gasteiger partial charge on any atom is -0.381 e. The van der Waals surface area contributed by atoms with Crippen molar-refractivity contribution >= 4 is 0 Å². The van der Waals surface area contributed by atoms with Crippen LogP contribution in [0.5, 0.6) is 0 Å². The highest BCUT2D eigenvalue weighted by molar-refractivity contribution is 5.11. The molecular formula is C11H20N2O. The molecule has 3 aliphatic rings. The molecule has 3 heteroatoms. The molecule has 0 aromatic carbocycles. The summed E-state index contributed by atoms with van der Waals surface area (Å²) in [6.07, 6.45) is 6.25. The van der Waals surface area contributed by atoms with Crippen LogP contribution in [-0.4, -0.2) is 31.3 Å². The van der Waals surface area contributed by atoms with Crippen molar-refractivity contribution in [2.75, 3.05) is 13.2 Å². The lowest BCUT2D eigenvalue weighted by Gasteiger charge is -2.57. The summed E-state index contributed by atoms with van der Waals surface area (Å²) < 4.78 is 5.43. The third kappa shape index (κ3) is 1.30. The van der Waals surface area contributed by atoms with Gasteiger partial charge >= 0.3 is 0 Å². The second-order valence-corrected chi connectivity index (χ2v) is 5.18. The Kier molecular flexibility index (Phi) is 2.08. The first-order valence-electron chi connectivity index (χ1n) is 5.91. The third-order valence-corrected chi connectivity index (χ3v) is 4.36. The van der Waals surface area contributed by atoms with Crippen molar-refractivity contribution < 1.29 is 4.74 Å². The maximum Gasteiger partial charge on any atom is 0.0472 e. The van der Waals surface area contributed by atoms with E-state index in [1.807, 2.05) is 0 Å². The molecule has 1 spiro atoms. The van der Waals surface area contributed by atoms with Gasteiger partial charge in [-0.3, -0.25) is 0 Å². The Bertz CT molecular complexity index is 221. The molecule has 0 amide bonds. The summed E-state index contributed by atoms with van der Waals surface area (Å²) in [5, 5.41) is 3.75. The quantitative estimate of drug-likeness (QED) is 0.681. The summed E-state index contributed by atoms with van der Waals surface area (Å²) in [5.74, 6) is 0. The average molecular weight is 196 g/mol. The van der Waals surface area contributed by atoms with Crippen LogP contribution in [0.2, 0.25) is 0 Å². The molecule has 2 aliphatic carbocycles. The lowest BCUT2D eigenvalue weighted by Crippen LogP contribution is -2.68. The highest BCUT2D eigenvalue weighted by atomic mass is 16.5. The van der Waals surface area contributed by atoms with Gasteiger partial charge in [0.2, 0.25) is 0 Å². The monoisotopic (exact) mass is 196 g/mol. The molecule has 0 bridgehead atoms. The second-order valence-electron chi connectivity index (χ2n) is 5.18. The maximum absolute atomic E-state index is 6.18. The van der Waals surface area contributed by atoms with Crippen molar-refractivity contribution in [3.05, 3.63) is 0 Å². The van der Waals surface area contributed by atoms with Crippen molar-refractivity contribution in [1.82, 2.24) is 5.32 Å². The van der Waals surface area contributed by atoms with E-state index >= 15 is 0 Å². The highest BCUT2D eigenvalue weighted by Crippen LogP contribution is 2.48. The molecule has 80 valence electrons. The fourth-order valence-corrected chi connectivity index (χ4v) is 3.06. The van der Waals surface area contributed by atoms with Crippen molar-refractivity contribution in [2.24, 2.45) is 11.1 Å². The largest absolute Gasteiger partial charge is 0.381 e. The molecule has 3 fully saturated rings. The van der Waals surface area contributed by atoms with Crippen LogP contribution < -0.4 is 11.1 Å². The van der Waals surface area contributed by atoms with Crippen molar-refractivity contribution in [3.63, 3.8) is 0 Å². The van der Waals surface area contributed by atoms with E-state index in [2.05, 4.69) is 5.32 Å². The molecule has 0 radical (unpaired) electrons. The summed E-state index contributed by atoms with van der Waals surface area (Å²) in [5.41, 5.74) is 6.57. The summed E-state index contributed by atoms with van der Waals surface area (Å²) in [6, 6.07) is 1.92. The molecule has 1 saturated heterocycles. The van der Waals surface area contributed by atoms with Gasteiger partial charge in [0.25, 0.3) is 0 Å². The van der Waals surface area contributed by atoms with Crippen LogP contribution in [0.4, 0.5) is 0 Å². The van der Waals surface area contributed by atoms with Crippen LogP contribution in [0.25, 0.3) is 0 Å². The number of nitrogens with one attached hydrogen (secondary N) is 1. The topological polar surface area (TPSA) is 47.3 Å². The summed E-state index contributed by atoms with van der Waals surface area (Å²) in [4.78, 5) is 0. The normalized spacial score (nSPS) is 40.9. The van der Waals surface area contributed by atoms with Gasteiger partial charge in [0.1, 0.15) is 0 Å². The molecule has 3 N–H and O–H groups in total. The van der Waals surface area contributed by atoms with Gasteiger partial charge in [-0.25, -0.2) is 0 Å². The molecular weight excluding hydrogens is 176 g/mol. The predicted octanol–water partition coefficient (Wildman–Crippen LogP) is 0.635. The van der Waals surface area contributed by atoms with Gasteiger partial charge in [0, 0.05) is 36.8 Å². The molecule has 0 aromatic heterocycles. The van der Waals surface area contributed by atoms with Crippen molar-refractivity contribution in [1.29, 1.82) is 0 Å². The summed E-state index contributed by atoms with van der Waals surface area (Å²) in [6.45, 7) is 1.83. The Hall–Kier alpha value is -0.120. The minimum atomic E-state index is 0.390. The molecule has 2 saturated carbocycles. The lowest BCUT2D eigenvalue weighted by molar-refractivity contribution is -0.0713. The minimum absolute atomic E-state index is 0.390. The number of hydrogen-bond acceptors (Lipinski definition) is 3. The van der Waals surface area contributed by atoms with Crippen molar-refractivity contribution in [3.8, 4) is 0 Å². The molecule has 0 aromatic rings. The summed E-state index contributed by atoms with van der Waals surface area (Å²) in [7, 11) is 0. The van der Waals surface area contributed by atoms with E-state index in [9.17, 15) is 0 Å². The highest BCUT2D eigenvalue weighted by Gasteiger charge is 2.54. The predicted molar refractivity (Wildman–Crippen MR) is 55.0 cm³/mol. The fraction of sp³-hybridized carbons (Fsp3) is 1.00. The zero-order valence-electron chi connectivity index (χ0n) is 8.67. The van der Waals surface area contributed by atoms with E-state index in [1.54, 1.807) is 0 Å². The Labute approximate surface area is 85.4 Å². The zero-order valence-corrected chi connectivity index (χ0v) is 8.67. The van der Waals surface area contributed by atoms with Crippen molar-refractivity contribution in [2.45, 2.75) is 50.2 Å². The van der Waals surface area contributed by atoms with Crippen LogP contribution in [0.1, 0.15) is 32.1 Å². The standard InChI is InChI=1S/C11H20N2O/c12-9-7-10(13-8-1-2-8)11(9)3-5-14-6-4-11/h8-10,13H,1-7,12H2. The first-order chi connectivity index (χ1) is 6.81. The first-order valence-corrected chi connectivity index (χ1v) is 5.91. The Balaban J connectivity index is 1.66. The van der Waals surface area contributed by atoms with Crippen LogP contribution in [-0.2, 0) is 4.74 Å². The Morgan fingerprint density at radius 1 is 1.21 bits per heavy atom. The van der Waals surface area contributed by atoms with Gasteiger partial charge in [-0.05, 0) is 32.1 Å². The Morgan fingerprint density at radius 2 is 1.93 bits per heavy atom.